The van der Waals surface area contributed by atoms with E-state index in [0.29, 0.717) is 37.6 Å². The molecule has 2 aromatic rings. The molecule has 3 rings (SSSR count). The summed E-state index contributed by atoms with van der Waals surface area (Å²) in [6, 6.07) is 10.2. The molecule has 5 nitrogen and oxygen atoms in total. The van der Waals surface area contributed by atoms with Crippen molar-refractivity contribution >= 4 is 52.2 Å². The van der Waals surface area contributed by atoms with Crippen LogP contribution in [-0.4, -0.2) is 30.3 Å². The number of amides is 2. The summed E-state index contributed by atoms with van der Waals surface area (Å²) >= 11 is 12.9. The van der Waals surface area contributed by atoms with Gasteiger partial charge in [0, 0.05) is 16.1 Å². The Morgan fingerprint density at radius 2 is 1.70 bits per heavy atom. The van der Waals surface area contributed by atoms with Crippen LogP contribution in [0.5, 0.6) is 11.5 Å². The van der Waals surface area contributed by atoms with E-state index in [-0.39, 0.29) is 17.7 Å². The van der Waals surface area contributed by atoms with Gasteiger partial charge in [0.2, 0.25) is 0 Å². The molecular formula is C19H15Cl2NO4S. The summed E-state index contributed by atoms with van der Waals surface area (Å²) in [4.78, 5) is 26.5. The predicted octanol–water partition coefficient (Wildman–Crippen LogP) is 5.25. The van der Waals surface area contributed by atoms with Crippen LogP contribution in [0.1, 0.15) is 11.1 Å². The monoisotopic (exact) mass is 423 g/mol. The molecule has 0 aromatic heterocycles. The number of nitrogens with zero attached hydrogens (tertiary/aromatic N) is 1. The molecule has 27 heavy (non-hydrogen) atoms. The van der Waals surface area contributed by atoms with Gasteiger partial charge in [-0.3, -0.25) is 14.5 Å². The zero-order valence-electron chi connectivity index (χ0n) is 14.5. The number of halogens is 2. The molecule has 2 aromatic carbocycles. The van der Waals surface area contributed by atoms with Gasteiger partial charge in [0.15, 0.2) is 0 Å². The van der Waals surface area contributed by atoms with Crippen LogP contribution in [0.3, 0.4) is 0 Å². The van der Waals surface area contributed by atoms with E-state index in [9.17, 15) is 9.59 Å². The van der Waals surface area contributed by atoms with E-state index in [1.165, 1.54) is 0 Å². The fourth-order valence-electron chi connectivity index (χ4n) is 2.52. The quantitative estimate of drug-likeness (QED) is 0.614. The summed E-state index contributed by atoms with van der Waals surface area (Å²) in [6.07, 6.45) is 1.64. The molecule has 0 radical (unpaired) electrons. The summed E-state index contributed by atoms with van der Waals surface area (Å²) < 4.78 is 10.5. The first-order chi connectivity index (χ1) is 12.9. The Labute approximate surface area is 170 Å². The highest BCUT2D eigenvalue weighted by molar-refractivity contribution is 8.18. The van der Waals surface area contributed by atoms with Crippen LogP contribution in [-0.2, 0) is 11.3 Å². The molecule has 0 atom stereocenters. The molecule has 8 heteroatoms. The second-order valence-corrected chi connectivity index (χ2v) is 7.49. The number of rotatable bonds is 5. The minimum atomic E-state index is -0.377. The lowest BCUT2D eigenvalue weighted by atomic mass is 10.1. The van der Waals surface area contributed by atoms with Crippen molar-refractivity contribution in [2.45, 2.75) is 6.54 Å². The second-order valence-electron chi connectivity index (χ2n) is 5.65. The summed E-state index contributed by atoms with van der Waals surface area (Å²) in [7, 11) is 3.09. The van der Waals surface area contributed by atoms with Gasteiger partial charge in [-0.05, 0) is 53.2 Å². The summed E-state index contributed by atoms with van der Waals surface area (Å²) in [5, 5.41) is 0.542. The molecule has 1 fully saturated rings. The van der Waals surface area contributed by atoms with Crippen molar-refractivity contribution in [3.63, 3.8) is 0 Å². The fourth-order valence-corrected chi connectivity index (χ4v) is 3.83. The molecule has 1 aliphatic heterocycles. The van der Waals surface area contributed by atoms with Crippen LogP contribution < -0.4 is 9.47 Å². The van der Waals surface area contributed by atoms with Gasteiger partial charge in [0.1, 0.15) is 11.5 Å². The van der Waals surface area contributed by atoms with Crippen molar-refractivity contribution in [3.8, 4) is 11.5 Å². The molecule has 1 saturated heterocycles. The Kier molecular flexibility index (Phi) is 5.99. The smallest absolute Gasteiger partial charge is 0.293 e. The number of imide groups is 1. The Morgan fingerprint density at radius 1 is 1.04 bits per heavy atom. The summed E-state index contributed by atoms with van der Waals surface area (Å²) in [5.41, 5.74) is 1.34. The summed E-state index contributed by atoms with van der Waals surface area (Å²) in [6.45, 7) is 0.0828. The predicted molar refractivity (Wildman–Crippen MR) is 108 cm³/mol. The Balaban J connectivity index is 1.86. The number of hydrogen-bond acceptors (Lipinski definition) is 5. The number of ether oxygens (including phenoxy) is 2. The number of thioether (sulfide) groups is 1. The van der Waals surface area contributed by atoms with Crippen LogP contribution in [0.4, 0.5) is 4.79 Å². The summed E-state index contributed by atoms with van der Waals surface area (Å²) in [5.74, 6) is 0.804. The Morgan fingerprint density at radius 3 is 2.30 bits per heavy atom. The first-order valence-corrected chi connectivity index (χ1v) is 9.41. The molecule has 0 unspecified atom stereocenters. The highest BCUT2D eigenvalue weighted by Crippen LogP contribution is 2.35. The minimum Gasteiger partial charge on any atom is -0.497 e. The maximum Gasteiger partial charge on any atom is 0.293 e. The van der Waals surface area contributed by atoms with Gasteiger partial charge in [-0.2, -0.15) is 0 Å². The van der Waals surface area contributed by atoms with E-state index >= 15 is 0 Å². The number of carbonyl (C=O) groups excluding carboxylic acids is 2. The lowest BCUT2D eigenvalue weighted by Gasteiger charge is -2.13. The molecule has 0 aliphatic carbocycles. The maximum absolute atomic E-state index is 12.7. The van der Waals surface area contributed by atoms with Gasteiger partial charge in [-0.1, -0.05) is 29.3 Å². The highest BCUT2D eigenvalue weighted by atomic mass is 35.5. The molecule has 0 bridgehead atoms. The third-order valence-electron chi connectivity index (χ3n) is 3.89. The molecule has 1 aliphatic rings. The number of hydrogen-bond donors (Lipinski definition) is 0. The van der Waals surface area contributed by atoms with Gasteiger partial charge in [0.25, 0.3) is 11.1 Å². The number of methoxy groups -OCH3 is 2. The average Bonchev–Trinajstić information content (AvgIpc) is 2.90. The van der Waals surface area contributed by atoms with Crippen LogP contribution in [0, 0.1) is 0 Å². The molecule has 0 saturated carbocycles. The largest absolute Gasteiger partial charge is 0.497 e. The van der Waals surface area contributed by atoms with Crippen molar-refractivity contribution in [2.75, 3.05) is 14.2 Å². The van der Waals surface area contributed by atoms with Gasteiger partial charge in [0.05, 0.1) is 25.7 Å². The molecule has 0 N–H and O–H groups in total. The van der Waals surface area contributed by atoms with Crippen LogP contribution in [0.15, 0.2) is 41.3 Å². The van der Waals surface area contributed by atoms with Crippen molar-refractivity contribution in [2.24, 2.45) is 0 Å². The third-order valence-corrected chi connectivity index (χ3v) is 5.38. The molecule has 2 amide bonds. The fraction of sp³-hybridized carbons (Fsp3) is 0.158. The van der Waals surface area contributed by atoms with E-state index in [1.54, 1.807) is 56.7 Å². The topological polar surface area (TPSA) is 55.8 Å². The zero-order valence-corrected chi connectivity index (χ0v) is 16.8. The second kappa shape index (κ2) is 8.25. The third kappa shape index (κ3) is 4.40. The average molecular weight is 424 g/mol. The van der Waals surface area contributed by atoms with Gasteiger partial charge in [-0.25, -0.2) is 0 Å². The number of benzene rings is 2. The van der Waals surface area contributed by atoms with Gasteiger partial charge >= 0.3 is 0 Å². The maximum atomic E-state index is 12.7. The Bertz CT molecular complexity index is 923. The molecule has 1 heterocycles. The first kappa shape index (κ1) is 19.6. The van der Waals surface area contributed by atoms with E-state index in [4.69, 9.17) is 32.7 Å². The van der Waals surface area contributed by atoms with Crippen molar-refractivity contribution < 1.29 is 19.1 Å². The van der Waals surface area contributed by atoms with E-state index in [2.05, 4.69) is 0 Å². The van der Waals surface area contributed by atoms with Crippen LogP contribution >= 0.6 is 35.0 Å². The zero-order chi connectivity index (χ0) is 19.6. The highest BCUT2D eigenvalue weighted by Gasteiger charge is 2.35. The molecular weight excluding hydrogens is 409 g/mol. The number of carbonyl (C=O) groups is 2. The standard InChI is InChI=1S/C19H15Cl2NO4S/c1-25-14-5-11(6-15(9-14)26-2)7-17-18(23)22(19(24)27-17)10-12-3-4-13(20)8-16(12)21/h3-9H,10H2,1-2H3/b17-7+. The van der Waals surface area contributed by atoms with E-state index in [0.717, 1.165) is 16.7 Å². The lowest BCUT2D eigenvalue weighted by Crippen LogP contribution is -2.27. The van der Waals surface area contributed by atoms with Gasteiger partial charge in [-0.15, -0.1) is 0 Å². The van der Waals surface area contributed by atoms with Crippen molar-refractivity contribution in [3.05, 3.63) is 62.5 Å². The van der Waals surface area contributed by atoms with Crippen molar-refractivity contribution in [1.82, 2.24) is 4.90 Å². The van der Waals surface area contributed by atoms with Gasteiger partial charge < -0.3 is 9.47 Å². The van der Waals surface area contributed by atoms with E-state index in [1.807, 2.05) is 0 Å². The minimum absolute atomic E-state index is 0.0828. The Hall–Kier alpha value is -2.15. The SMILES string of the molecule is COc1cc(/C=C2/SC(=O)N(Cc3ccc(Cl)cc3Cl)C2=O)cc(OC)c1. The first-order valence-electron chi connectivity index (χ1n) is 7.83. The van der Waals surface area contributed by atoms with Crippen LogP contribution in [0.2, 0.25) is 10.0 Å². The molecule has 0 spiro atoms. The van der Waals surface area contributed by atoms with Crippen molar-refractivity contribution in [1.29, 1.82) is 0 Å². The van der Waals surface area contributed by atoms with Crippen LogP contribution in [0.25, 0.3) is 6.08 Å². The van der Waals surface area contributed by atoms with E-state index < -0.39 is 0 Å². The lowest BCUT2D eigenvalue weighted by molar-refractivity contribution is -0.123. The normalized spacial score (nSPS) is 15.6. The molecule has 140 valence electrons.